The molecule has 2 heterocycles. The first-order valence-electron chi connectivity index (χ1n) is 11.1. The summed E-state index contributed by atoms with van der Waals surface area (Å²) in [5.41, 5.74) is 4.41. The molecule has 1 amide bonds. The molecule has 4 nitrogen and oxygen atoms in total. The molecule has 0 aliphatic carbocycles. The summed E-state index contributed by atoms with van der Waals surface area (Å²) in [5.74, 6) is 0.723. The standard InChI is InChI=1S/C27H24Cl2N2O2/c1-16(2)31-23-11-6-8-17(18-9-5-10-21(28)26(18)29)20(23)15-24(31)27(32)30-22-13-14-33-25-12-4-3-7-19(22)25/h3-12,15-16,22H,13-14H2,1-2H3,(H,30,32)/t22-/m0/s1. The van der Waals surface area contributed by atoms with Crippen molar-refractivity contribution >= 4 is 40.0 Å². The molecule has 3 aromatic carbocycles. The zero-order valence-electron chi connectivity index (χ0n) is 18.4. The van der Waals surface area contributed by atoms with Crippen molar-refractivity contribution in [3.63, 3.8) is 0 Å². The molecule has 5 rings (SSSR count). The fourth-order valence-electron chi connectivity index (χ4n) is 4.65. The van der Waals surface area contributed by atoms with Crippen LogP contribution in [0.2, 0.25) is 10.0 Å². The first-order valence-corrected chi connectivity index (χ1v) is 11.8. The molecule has 0 saturated heterocycles. The van der Waals surface area contributed by atoms with Gasteiger partial charge in [-0.1, -0.05) is 65.7 Å². The molecule has 1 aliphatic heterocycles. The average molecular weight is 479 g/mol. The van der Waals surface area contributed by atoms with E-state index in [2.05, 4.69) is 23.7 Å². The monoisotopic (exact) mass is 478 g/mol. The van der Waals surface area contributed by atoms with Crippen LogP contribution >= 0.6 is 23.2 Å². The van der Waals surface area contributed by atoms with E-state index >= 15 is 0 Å². The van der Waals surface area contributed by atoms with E-state index in [-0.39, 0.29) is 18.0 Å². The summed E-state index contributed by atoms with van der Waals surface area (Å²) < 4.78 is 7.84. The van der Waals surface area contributed by atoms with Crippen LogP contribution < -0.4 is 10.1 Å². The summed E-state index contributed by atoms with van der Waals surface area (Å²) >= 11 is 12.8. The topological polar surface area (TPSA) is 43.3 Å². The minimum Gasteiger partial charge on any atom is -0.493 e. The van der Waals surface area contributed by atoms with Gasteiger partial charge in [0.25, 0.3) is 5.91 Å². The molecular weight excluding hydrogens is 455 g/mol. The molecule has 168 valence electrons. The number of hydrogen-bond acceptors (Lipinski definition) is 2. The van der Waals surface area contributed by atoms with Crippen LogP contribution in [-0.4, -0.2) is 17.1 Å². The van der Waals surface area contributed by atoms with Gasteiger partial charge in [0, 0.05) is 34.5 Å². The van der Waals surface area contributed by atoms with Crippen LogP contribution in [0, 0.1) is 0 Å². The van der Waals surface area contributed by atoms with E-state index in [1.807, 2.05) is 60.7 Å². The van der Waals surface area contributed by atoms with E-state index in [4.69, 9.17) is 27.9 Å². The zero-order chi connectivity index (χ0) is 23.1. The summed E-state index contributed by atoms with van der Waals surface area (Å²) in [5, 5.41) is 5.22. The van der Waals surface area contributed by atoms with Crippen molar-refractivity contribution < 1.29 is 9.53 Å². The number of rotatable bonds is 4. The summed E-state index contributed by atoms with van der Waals surface area (Å²) in [6, 6.07) is 21.5. The lowest BCUT2D eigenvalue weighted by atomic mass is 10.0. The maximum absolute atomic E-state index is 13.6. The second-order valence-electron chi connectivity index (χ2n) is 8.53. The molecule has 0 spiro atoms. The summed E-state index contributed by atoms with van der Waals surface area (Å²) in [7, 11) is 0. The number of benzene rings is 3. The van der Waals surface area contributed by atoms with Gasteiger partial charge in [-0.15, -0.1) is 0 Å². The third kappa shape index (κ3) is 3.88. The molecule has 1 aliphatic rings. The zero-order valence-corrected chi connectivity index (χ0v) is 20.0. The number of carbonyl (C=O) groups is 1. The third-order valence-electron chi connectivity index (χ3n) is 6.14. The van der Waals surface area contributed by atoms with Crippen LogP contribution in [0.1, 0.15) is 48.4 Å². The Balaban J connectivity index is 1.60. The molecule has 4 aromatic rings. The second-order valence-corrected chi connectivity index (χ2v) is 9.32. The Morgan fingerprint density at radius 1 is 1.03 bits per heavy atom. The molecule has 33 heavy (non-hydrogen) atoms. The van der Waals surface area contributed by atoms with Gasteiger partial charge in [0.2, 0.25) is 0 Å². The summed E-state index contributed by atoms with van der Waals surface area (Å²) in [6.07, 6.45) is 0.730. The predicted octanol–water partition coefficient (Wildman–Crippen LogP) is 7.45. The number of nitrogens with one attached hydrogen (secondary N) is 1. The summed E-state index contributed by atoms with van der Waals surface area (Å²) in [4.78, 5) is 13.6. The molecule has 1 N–H and O–H groups in total. The molecular formula is C27H24Cl2N2O2. The SMILES string of the molecule is CC(C)n1c(C(=O)N[C@H]2CCOc3ccccc32)cc2c(-c3cccc(Cl)c3Cl)cccc21. The van der Waals surface area contributed by atoms with E-state index in [0.717, 1.165) is 39.8 Å². The van der Waals surface area contributed by atoms with Crippen LogP contribution in [0.15, 0.2) is 66.7 Å². The highest BCUT2D eigenvalue weighted by Gasteiger charge is 2.26. The fraction of sp³-hybridized carbons (Fsp3) is 0.222. The summed E-state index contributed by atoms with van der Waals surface area (Å²) in [6.45, 7) is 4.74. The lowest BCUT2D eigenvalue weighted by Crippen LogP contribution is -2.33. The van der Waals surface area contributed by atoms with Gasteiger partial charge in [-0.25, -0.2) is 0 Å². The highest BCUT2D eigenvalue weighted by atomic mass is 35.5. The van der Waals surface area contributed by atoms with Gasteiger partial charge in [-0.3, -0.25) is 4.79 Å². The van der Waals surface area contributed by atoms with Crippen molar-refractivity contribution in [2.24, 2.45) is 0 Å². The van der Waals surface area contributed by atoms with Gasteiger partial charge in [0.1, 0.15) is 11.4 Å². The van der Waals surface area contributed by atoms with E-state index in [0.29, 0.717) is 22.3 Å². The van der Waals surface area contributed by atoms with Gasteiger partial charge >= 0.3 is 0 Å². The Kier molecular flexibility index (Phi) is 5.81. The Labute approximate surface area is 203 Å². The molecule has 6 heteroatoms. The first-order chi connectivity index (χ1) is 16.0. The number of ether oxygens (including phenoxy) is 1. The Hall–Kier alpha value is -2.95. The highest BCUT2D eigenvalue weighted by molar-refractivity contribution is 6.44. The van der Waals surface area contributed by atoms with Crippen LogP contribution in [-0.2, 0) is 0 Å². The number of carbonyl (C=O) groups excluding carboxylic acids is 1. The van der Waals surface area contributed by atoms with Gasteiger partial charge in [0.15, 0.2) is 0 Å². The largest absolute Gasteiger partial charge is 0.493 e. The number of aromatic nitrogens is 1. The van der Waals surface area contributed by atoms with Crippen molar-refractivity contribution in [2.75, 3.05) is 6.61 Å². The van der Waals surface area contributed by atoms with Gasteiger partial charge in [0.05, 0.1) is 22.7 Å². The number of nitrogens with zero attached hydrogens (tertiary/aromatic N) is 1. The van der Waals surface area contributed by atoms with E-state index in [9.17, 15) is 4.79 Å². The Bertz CT molecular complexity index is 1360. The van der Waals surface area contributed by atoms with Gasteiger partial charge in [-0.05, 0) is 43.7 Å². The highest BCUT2D eigenvalue weighted by Crippen LogP contribution is 2.39. The van der Waals surface area contributed by atoms with Crippen molar-refractivity contribution in [1.29, 1.82) is 0 Å². The first kappa shape index (κ1) is 21.9. The van der Waals surface area contributed by atoms with Crippen molar-refractivity contribution in [3.05, 3.63) is 88.0 Å². The van der Waals surface area contributed by atoms with Gasteiger partial charge < -0.3 is 14.6 Å². The lowest BCUT2D eigenvalue weighted by molar-refractivity contribution is 0.0914. The molecule has 0 unspecified atom stereocenters. The van der Waals surface area contributed by atoms with Gasteiger partial charge in [-0.2, -0.15) is 0 Å². The number of amides is 1. The lowest BCUT2D eigenvalue weighted by Gasteiger charge is -2.27. The second kappa shape index (κ2) is 8.77. The predicted molar refractivity (Wildman–Crippen MR) is 135 cm³/mol. The molecule has 0 bridgehead atoms. The van der Waals surface area contributed by atoms with E-state index < -0.39 is 0 Å². The van der Waals surface area contributed by atoms with Crippen molar-refractivity contribution in [2.45, 2.75) is 32.4 Å². The minimum atomic E-state index is -0.107. The average Bonchev–Trinajstić information content (AvgIpc) is 3.22. The maximum Gasteiger partial charge on any atom is 0.268 e. The normalized spacial score (nSPS) is 15.4. The minimum absolute atomic E-state index is 0.0929. The number of para-hydroxylation sites is 1. The fourth-order valence-corrected chi connectivity index (χ4v) is 5.06. The number of fused-ring (bicyclic) bond motifs is 2. The van der Waals surface area contributed by atoms with Crippen LogP contribution in [0.25, 0.3) is 22.0 Å². The van der Waals surface area contributed by atoms with Crippen molar-refractivity contribution in [3.8, 4) is 16.9 Å². The molecule has 1 atom stereocenters. The molecule has 0 radical (unpaired) electrons. The number of hydrogen-bond donors (Lipinski definition) is 1. The van der Waals surface area contributed by atoms with E-state index in [1.165, 1.54) is 0 Å². The van der Waals surface area contributed by atoms with Crippen LogP contribution in [0.5, 0.6) is 5.75 Å². The molecule has 0 fully saturated rings. The maximum atomic E-state index is 13.6. The smallest absolute Gasteiger partial charge is 0.268 e. The molecule has 1 aromatic heterocycles. The van der Waals surface area contributed by atoms with Crippen LogP contribution in [0.4, 0.5) is 0 Å². The quantitative estimate of drug-likeness (QED) is 0.330. The van der Waals surface area contributed by atoms with Crippen molar-refractivity contribution in [1.82, 2.24) is 9.88 Å². The third-order valence-corrected chi connectivity index (χ3v) is 6.96. The Morgan fingerprint density at radius 3 is 2.61 bits per heavy atom. The molecule has 0 saturated carbocycles. The van der Waals surface area contributed by atoms with E-state index in [1.54, 1.807) is 6.07 Å². The van der Waals surface area contributed by atoms with Crippen LogP contribution in [0.3, 0.4) is 0 Å². The Morgan fingerprint density at radius 2 is 1.79 bits per heavy atom. The number of halogens is 2.